The lowest BCUT2D eigenvalue weighted by Gasteiger charge is -2.36. The van der Waals surface area contributed by atoms with E-state index in [1.807, 2.05) is 23.1 Å². The maximum atomic E-state index is 12.3. The molecule has 2 aliphatic rings. The number of hydrogen-bond donors (Lipinski definition) is 2. The largest absolute Gasteiger partial charge is 0.358 e. The Hall–Kier alpha value is -2.41. The number of imide groups is 1. The van der Waals surface area contributed by atoms with Crippen molar-refractivity contribution in [2.45, 2.75) is 38.4 Å². The van der Waals surface area contributed by atoms with Crippen molar-refractivity contribution < 1.29 is 14.4 Å². The molecule has 2 aliphatic heterocycles. The first kappa shape index (κ1) is 17.4. The van der Waals surface area contributed by atoms with Gasteiger partial charge in [0.25, 0.3) is 5.91 Å². The third-order valence-electron chi connectivity index (χ3n) is 4.95. The summed E-state index contributed by atoms with van der Waals surface area (Å²) in [5.41, 5.74) is 1.48. The van der Waals surface area contributed by atoms with Gasteiger partial charge in [-0.25, -0.2) is 4.79 Å². The minimum absolute atomic E-state index is 0.0490. The molecule has 2 N–H and O–H groups in total. The van der Waals surface area contributed by atoms with Gasteiger partial charge in [0.1, 0.15) is 5.54 Å². The quantitative estimate of drug-likeness (QED) is 0.779. The van der Waals surface area contributed by atoms with E-state index in [9.17, 15) is 14.4 Å². The monoisotopic (exact) mass is 344 g/mol. The summed E-state index contributed by atoms with van der Waals surface area (Å²) in [4.78, 5) is 39.9. The number of nitrogens with zero attached hydrogens (tertiary/aromatic N) is 2. The first-order valence-electron chi connectivity index (χ1n) is 8.50. The highest BCUT2D eigenvalue weighted by Gasteiger charge is 2.44. The standard InChI is InChI=1S/C18H24N4O3/c1-18(2)16(24)22(17(25)20-18)9-8-21-11-13-7-5-4-6-12(13)10-14(21)15(23)19-3/h4-7,14H,8-11H2,1-3H3,(H,19,23)(H,20,25)/t14-/m1/s1. The highest BCUT2D eigenvalue weighted by molar-refractivity contribution is 6.06. The molecule has 1 atom stereocenters. The molecular weight excluding hydrogens is 320 g/mol. The summed E-state index contributed by atoms with van der Waals surface area (Å²) in [6.07, 6.45) is 0.626. The van der Waals surface area contributed by atoms with Gasteiger partial charge in [-0.3, -0.25) is 19.4 Å². The second-order valence-electron chi connectivity index (χ2n) is 7.09. The SMILES string of the molecule is CNC(=O)[C@H]1Cc2ccccc2CN1CCN1C(=O)NC(C)(C)C1=O. The fourth-order valence-corrected chi connectivity index (χ4v) is 3.49. The molecule has 0 aliphatic carbocycles. The Morgan fingerprint density at radius 2 is 1.92 bits per heavy atom. The number of carbonyl (C=O) groups excluding carboxylic acids is 3. The molecule has 25 heavy (non-hydrogen) atoms. The van der Waals surface area contributed by atoms with Gasteiger partial charge in [0.15, 0.2) is 0 Å². The number of likely N-dealkylation sites (N-methyl/N-ethyl adjacent to an activating group) is 1. The van der Waals surface area contributed by atoms with Gasteiger partial charge in [0.2, 0.25) is 5.91 Å². The summed E-state index contributed by atoms with van der Waals surface area (Å²) >= 11 is 0. The van der Waals surface area contributed by atoms with E-state index in [1.165, 1.54) is 16.0 Å². The Morgan fingerprint density at radius 3 is 2.52 bits per heavy atom. The van der Waals surface area contributed by atoms with Crippen LogP contribution in [-0.4, -0.2) is 59.4 Å². The van der Waals surface area contributed by atoms with Crippen LogP contribution in [0.2, 0.25) is 0 Å². The fraction of sp³-hybridized carbons (Fsp3) is 0.500. The number of urea groups is 1. The molecule has 7 heteroatoms. The number of carbonyl (C=O) groups is 3. The predicted octanol–water partition coefficient (Wildman–Crippen LogP) is 0.490. The van der Waals surface area contributed by atoms with E-state index in [-0.39, 0.29) is 30.4 Å². The molecule has 1 fully saturated rings. The van der Waals surface area contributed by atoms with Crippen molar-refractivity contribution in [2.24, 2.45) is 0 Å². The van der Waals surface area contributed by atoms with Crippen molar-refractivity contribution in [3.8, 4) is 0 Å². The molecule has 0 saturated carbocycles. The van der Waals surface area contributed by atoms with Gasteiger partial charge in [-0.15, -0.1) is 0 Å². The van der Waals surface area contributed by atoms with E-state index in [4.69, 9.17) is 0 Å². The van der Waals surface area contributed by atoms with Crippen LogP contribution in [0.15, 0.2) is 24.3 Å². The van der Waals surface area contributed by atoms with Crippen LogP contribution in [0.5, 0.6) is 0 Å². The molecule has 4 amide bonds. The fourth-order valence-electron chi connectivity index (χ4n) is 3.49. The van der Waals surface area contributed by atoms with Crippen LogP contribution in [0.1, 0.15) is 25.0 Å². The average molecular weight is 344 g/mol. The number of amides is 4. The van der Waals surface area contributed by atoms with Crippen molar-refractivity contribution in [2.75, 3.05) is 20.1 Å². The van der Waals surface area contributed by atoms with Crippen LogP contribution >= 0.6 is 0 Å². The minimum Gasteiger partial charge on any atom is -0.358 e. The highest BCUT2D eigenvalue weighted by atomic mass is 16.2. The molecule has 0 aromatic heterocycles. The zero-order chi connectivity index (χ0) is 18.2. The minimum atomic E-state index is -0.869. The summed E-state index contributed by atoms with van der Waals surface area (Å²) in [6.45, 7) is 4.74. The first-order valence-corrected chi connectivity index (χ1v) is 8.50. The Labute approximate surface area is 147 Å². The van der Waals surface area contributed by atoms with Crippen molar-refractivity contribution in [3.63, 3.8) is 0 Å². The molecule has 1 saturated heterocycles. The van der Waals surface area contributed by atoms with Gasteiger partial charge in [0.05, 0.1) is 6.04 Å². The summed E-state index contributed by atoms with van der Waals surface area (Å²) in [5, 5.41) is 5.39. The van der Waals surface area contributed by atoms with Crippen LogP contribution in [0.25, 0.3) is 0 Å². The molecule has 3 rings (SSSR count). The van der Waals surface area contributed by atoms with Crippen LogP contribution in [0.3, 0.4) is 0 Å². The average Bonchev–Trinajstić information content (AvgIpc) is 2.79. The maximum absolute atomic E-state index is 12.3. The molecule has 2 heterocycles. The molecule has 7 nitrogen and oxygen atoms in total. The summed E-state index contributed by atoms with van der Waals surface area (Å²) in [5.74, 6) is -0.279. The third kappa shape index (κ3) is 3.24. The van der Waals surface area contributed by atoms with Gasteiger partial charge < -0.3 is 10.6 Å². The molecule has 134 valence electrons. The second-order valence-corrected chi connectivity index (χ2v) is 7.09. The Bertz CT molecular complexity index is 716. The van der Waals surface area contributed by atoms with E-state index < -0.39 is 5.54 Å². The van der Waals surface area contributed by atoms with Crippen LogP contribution in [0.4, 0.5) is 4.79 Å². The van der Waals surface area contributed by atoms with Crippen LogP contribution in [-0.2, 0) is 22.6 Å². The lowest BCUT2D eigenvalue weighted by molar-refractivity contribution is -0.130. The molecule has 1 aromatic rings. The van der Waals surface area contributed by atoms with Crippen molar-refractivity contribution in [1.82, 2.24) is 20.4 Å². The molecule has 0 radical (unpaired) electrons. The van der Waals surface area contributed by atoms with E-state index in [0.29, 0.717) is 19.5 Å². The lowest BCUT2D eigenvalue weighted by atomic mass is 9.93. The molecule has 0 unspecified atom stereocenters. The summed E-state index contributed by atoms with van der Waals surface area (Å²) in [7, 11) is 1.63. The van der Waals surface area contributed by atoms with Crippen molar-refractivity contribution in [1.29, 1.82) is 0 Å². The third-order valence-corrected chi connectivity index (χ3v) is 4.95. The second kappa shape index (κ2) is 6.48. The molecular formula is C18H24N4O3. The number of fused-ring (bicyclic) bond motifs is 1. The van der Waals surface area contributed by atoms with Gasteiger partial charge in [-0.1, -0.05) is 24.3 Å². The number of benzene rings is 1. The van der Waals surface area contributed by atoms with Crippen molar-refractivity contribution in [3.05, 3.63) is 35.4 Å². The number of hydrogen-bond acceptors (Lipinski definition) is 4. The molecule has 0 bridgehead atoms. The summed E-state index contributed by atoms with van der Waals surface area (Å²) in [6, 6.07) is 7.39. The number of nitrogens with one attached hydrogen (secondary N) is 2. The lowest BCUT2D eigenvalue weighted by Crippen LogP contribution is -2.52. The van der Waals surface area contributed by atoms with Crippen LogP contribution < -0.4 is 10.6 Å². The smallest absolute Gasteiger partial charge is 0.325 e. The van der Waals surface area contributed by atoms with E-state index in [1.54, 1.807) is 20.9 Å². The molecule has 1 aromatic carbocycles. The Morgan fingerprint density at radius 1 is 1.24 bits per heavy atom. The van der Waals surface area contributed by atoms with E-state index in [0.717, 1.165) is 0 Å². The normalized spacial score (nSPS) is 22.5. The predicted molar refractivity (Wildman–Crippen MR) is 92.7 cm³/mol. The van der Waals surface area contributed by atoms with E-state index >= 15 is 0 Å². The first-order chi connectivity index (χ1) is 11.8. The van der Waals surface area contributed by atoms with Gasteiger partial charge in [0, 0.05) is 26.7 Å². The van der Waals surface area contributed by atoms with Gasteiger partial charge >= 0.3 is 6.03 Å². The van der Waals surface area contributed by atoms with Gasteiger partial charge in [-0.2, -0.15) is 0 Å². The zero-order valence-electron chi connectivity index (χ0n) is 14.8. The Balaban J connectivity index is 1.75. The Kier molecular flexibility index (Phi) is 4.51. The maximum Gasteiger partial charge on any atom is 0.325 e. The zero-order valence-corrected chi connectivity index (χ0v) is 14.8. The number of rotatable bonds is 4. The van der Waals surface area contributed by atoms with Gasteiger partial charge in [-0.05, 0) is 31.4 Å². The summed E-state index contributed by atoms with van der Waals surface area (Å²) < 4.78 is 0. The topological polar surface area (TPSA) is 81.8 Å². The molecule has 0 spiro atoms. The van der Waals surface area contributed by atoms with Crippen molar-refractivity contribution >= 4 is 17.8 Å². The highest BCUT2D eigenvalue weighted by Crippen LogP contribution is 2.24. The van der Waals surface area contributed by atoms with Crippen LogP contribution in [0, 0.1) is 0 Å². The van der Waals surface area contributed by atoms with E-state index in [2.05, 4.69) is 16.7 Å².